The minimum atomic E-state index is -0.180. The van der Waals surface area contributed by atoms with E-state index in [0.29, 0.717) is 23.2 Å². The van der Waals surface area contributed by atoms with Gasteiger partial charge in [-0.15, -0.1) is 0 Å². The third-order valence-corrected chi connectivity index (χ3v) is 9.26. The summed E-state index contributed by atoms with van der Waals surface area (Å²) < 4.78 is 13.0. The van der Waals surface area contributed by atoms with E-state index >= 15 is 0 Å². The van der Waals surface area contributed by atoms with Gasteiger partial charge in [0.1, 0.15) is 28.7 Å². The Kier molecular flexibility index (Phi) is 5.90. The van der Waals surface area contributed by atoms with Gasteiger partial charge in [-0.3, -0.25) is 0 Å². The zero-order valence-electron chi connectivity index (χ0n) is 25.6. The highest BCUT2D eigenvalue weighted by molar-refractivity contribution is 6.12. The molecule has 226 valence electrons. The van der Waals surface area contributed by atoms with Crippen LogP contribution in [-0.4, -0.2) is 26.0 Å². The highest BCUT2D eigenvalue weighted by atomic mass is 16.5. The topological polar surface area (TPSA) is 73.9 Å². The van der Waals surface area contributed by atoms with Gasteiger partial charge in [0.15, 0.2) is 17.5 Å². The molecule has 1 aliphatic carbocycles. The van der Waals surface area contributed by atoms with Gasteiger partial charge >= 0.3 is 0 Å². The molecule has 8 aromatic rings. The maximum atomic E-state index is 6.78. The van der Waals surface area contributed by atoms with Crippen molar-refractivity contribution in [3.05, 3.63) is 149 Å². The van der Waals surface area contributed by atoms with Gasteiger partial charge in [0.05, 0.1) is 5.69 Å². The van der Waals surface area contributed by atoms with Gasteiger partial charge in [-0.05, 0) is 28.6 Å². The SMILES string of the molecule is C1=c2ccccc2=CC2c3c(cc(-c4cccc5oc6ccccc6c45)nc3-c3nc(-c4ccccc4)nc(-c4ccccc4)n3)OC12. The summed E-state index contributed by atoms with van der Waals surface area (Å²) in [4.78, 5) is 20.6. The van der Waals surface area contributed by atoms with Crippen LogP contribution in [0, 0.1) is 0 Å². The fourth-order valence-corrected chi connectivity index (χ4v) is 7.05. The number of pyridine rings is 1. The number of benzene rings is 5. The van der Waals surface area contributed by atoms with E-state index in [-0.39, 0.29) is 12.0 Å². The fraction of sp³-hybridized carbons (Fsp3) is 0.0476. The molecule has 3 aromatic heterocycles. The lowest BCUT2D eigenvalue weighted by molar-refractivity contribution is 0.288. The summed E-state index contributed by atoms with van der Waals surface area (Å²) in [5, 5.41) is 4.38. The van der Waals surface area contributed by atoms with E-state index in [4.69, 9.17) is 29.1 Å². The standard InChI is InChI=1S/C42H26N4O2/c1-3-12-25(13-4-1)40-44-41(26-14-5-2-6-15-26)46-42(45-40)39-38-31-22-27-16-7-8-17-28(27)23-35(31)48-36(38)24-32(43-39)29-19-11-21-34-37(29)30-18-9-10-20-33(30)47-34/h1-24,31,35H. The monoisotopic (exact) mass is 618 g/mol. The number of fused-ring (bicyclic) bond motifs is 7. The predicted molar refractivity (Wildman–Crippen MR) is 188 cm³/mol. The van der Waals surface area contributed by atoms with Crippen molar-refractivity contribution in [2.75, 3.05) is 0 Å². The van der Waals surface area contributed by atoms with Gasteiger partial charge in [0, 0.05) is 45.0 Å². The van der Waals surface area contributed by atoms with Crippen LogP contribution in [0.4, 0.5) is 0 Å². The lowest BCUT2D eigenvalue weighted by Crippen LogP contribution is -2.34. The second-order valence-electron chi connectivity index (χ2n) is 12.2. The summed E-state index contributed by atoms with van der Waals surface area (Å²) in [6.45, 7) is 0. The molecule has 2 atom stereocenters. The molecule has 0 saturated carbocycles. The summed E-state index contributed by atoms with van der Waals surface area (Å²) in [6, 6.07) is 44.8. The summed E-state index contributed by atoms with van der Waals surface area (Å²) >= 11 is 0. The summed E-state index contributed by atoms with van der Waals surface area (Å²) in [7, 11) is 0. The average molecular weight is 619 g/mol. The van der Waals surface area contributed by atoms with E-state index in [9.17, 15) is 0 Å². The Bertz CT molecular complexity index is 2610. The molecule has 0 radical (unpaired) electrons. The van der Waals surface area contributed by atoms with E-state index in [0.717, 1.165) is 60.9 Å². The summed E-state index contributed by atoms with van der Waals surface area (Å²) in [5.74, 6) is 2.39. The number of para-hydroxylation sites is 1. The van der Waals surface area contributed by atoms with Crippen LogP contribution in [0.5, 0.6) is 5.75 Å². The lowest BCUT2D eigenvalue weighted by Gasteiger charge is -2.17. The number of rotatable bonds is 4. The molecule has 0 saturated heterocycles. The zero-order chi connectivity index (χ0) is 31.6. The first-order valence-corrected chi connectivity index (χ1v) is 16.1. The molecular formula is C42H26N4O2. The van der Waals surface area contributed by atoms with Gasteiger partial charge in [-0.1, -0.05) is 121 Å². The number of aromatic nitrogens is 4. The van der Waals surface area contributed by atoms with Crippen LogP contribution < -0.4 is 15.2 Å². The van der Waals surface area contributed by atoms with Gasteiger partial charge in [-0.25, -0.2) is 19.9 Å². The maximum absolute atomic E-state index is 6.78. The summed E-state index contributed by atoms with van der Waals surface area (Å²) in [5.41, 5.74) is 6.83. The van der Waals surface area contributed by atoms with Crippen molar-refractivity contribution in [2.45, 2.75) is 12.0 Å². The van der Waals surface area contributed by atoms with Crippen molar-refractivity contribution in [3.8, 4) is 51.3 Å². The van der Waals surface area contributed by atoms with Crippen LogP contribution in [0.1, 0.15) is 11.5 Å². The molecule has 48 heavy (non-hydrogen) atoms. The first-order valence-electron chi connectivity index (χ1n) is 16.1. The van der Waals surface area contributed by atoms with Crippen molar-refractivity contribution >= 4 is 34.1 Å². The molecule has 4 heterocycles. The molecule has 0 N–H and O–H groups in total. The van der Waals surface area contributed by atoms with Crippen LogP contribution in [0.25, 0.3) is 79.6 Å². The Labute approximate surface area is 275 Å². The smallest absolute Gasteiger partial charge is 0.182 e. The first kappa shape index (κ1) is 26.8. The van der Waals surface area contributed by atoms with Crippen LogP contribution >= 0.6 is 0 Å². The Hall–Kier alpha value is -6.40. The first-order chi connectivity index (χ1) is 23.8. The molecule has 5 aromatic carbocycles. The van der Waals surface area contributed by atoms with Gasteiger partial charge < -0.3 is 9.15 Å². The van der Waals surface area contributed by atoms with E-state index < -0.39 is 0 Å². The Morgan fingerprint density at radius 3 is 1.90 bits per heavy atom. The van der Waals surface area contributed by atoms with E-state index in [1.165, 1.54) is 5.22 Å². The highest BCUT2D eigenvalue weighted by Crippen LogP contribution is 2.47. The third-order valence-electron chi connectivity index (χ3n) is 9.26. The van der Waals surface area contributed by atoms with Crippen LogP contribution in [0.2, 0.25) is 0 Å². The van der Waals surface area contributed by atoms with Crippen molar-refractivity contribution < 1.29 is 9.15 Å². The number of furan rings is 1. The number of nitrogens with zero attached hydrogens (tertiary/aromatic N) is 4. The highest BCUT2D eigenvalue weighted by Gasteiger charge is 2.38. The molecule has 2 aliphatic rings. The van der Waals surface area contributed by atoms with Crippen molar-refractivity contribution in [3.63, 3.8) is 0 Å². The Balaban J connectivity index is 1.27. The van der Waals surface area contributed by atoms with Crippen LogP contribution in [-0.2, 0) is 0 Å². The fourth-order valence-electron chi connectivity index (χ4n) is 7.05. The van der Waals surface area contributed by atoms with Crippen molar-refractivity contribution in [2.24, 2.45) is 0 Å². The van der Waals surface area contributed by atoms with Gasteiger partial charge in [0.25, 0.3) is 0 Å². The molecule has 1 aliphatic heterocycles. The second-order valence-corrected chi connectivity index (χ2v) is 12.2. The molecule has 0 bridgehead atoms. The average Bonchev–Trinajstić information content (AvgIpc) is 3.72. The second kappa shape index (κ2) is 10.6. The molecule has 0 fully saturated rings. The van der Waals surface area contributed by atoms with Crippen molar-refractivity contribution in [1.82, 2.24) is 19.9 Å². The van der Waals surface area contributed by atoms with Gasteiger partial charge in [-0.2, -0.15) is 0 Å². The Morgan fingerprint density at radius 2 is 1.15 bits per heavy atom. The molecule has 2 unspecified atom stereocenters. The molecular weight excluding hydrogens is 592 g/mol. The Morgan fingerprint density at radius 1 is 0.521 bits per heavy atom. The molecule has 10 rings (SSSR count). The minimum Gasteiger partial charge on any atom is -0.485 e. The van der Waals surface area contributed by atoms with E-state index in [1.54, 1.807) is 0 Å². The van der Waals surface area contributed by atoms with Crippen molar-refractivity contribution in [1.29, 1.82) is 0 Å². The molecule has 0 amide bonds. The number of hydrogen-bond acceptors (Lipinski definition) is 6. The van der Waals surface area contributed by atoms with Crippen LogP contribution in [0.15, 0.2) is 138 Å². The third kappa shape index (κ3) is 4.27. The molecule has 6 heteroatoms. The molecule has 6 nitrogen and oxygen atoms in total. The lowest BCUT2D eigenvalue weighted by atomic mass is 9.88. The molecule has 0 spiro atoms. The van der Waals surface area contributed by atoms with Gasteiger partial charge in [0.2, 0.25) is 0 Å². The number of ether oxygens (including phenoxy) is 1. The largest absolute Gasteiger partial charge is 0.485 e. The van der Waals surface area contributed by atoms with E-state index in [1.807, 2.05) is 91.0 Å². The normalized spacial score (nSPS) is 16.0. The van der Waals surface area contributed by atoms with E-state index in [2.05, 4.69) is 54.6 Å². The number of hydrogen-bond donors (Lipinski definition) is 0. The van der Waals surface area contributed by atoms with Crippen LogP contribution in [0.3, 0.4) is 0 Å². The zero-order valence-corrected chi connectivity index (χ0v) is 25.6. The maximum Gasteiger partial charge on any atom is 0.182 e. The predicted octanol–water partition coefficient (Wildman–Crippen LogP) is 7.95. The minimum absolute atomic E-state index is 0.0610. The summed E-state index contributed by atoms with van der Waals surface area (Å²) in [6.07, 6.45) is 4.32. The quantitative estimate of drug-likeness (QED) is 0.199.